The monoisotopic (exact) mass is 163 g/mol. The predicted octanol–water partition coefficient (Wildman–Crippen LogP) is 1.69. The van der Waals surface area contributed by atoms with Crippen molar-refractivity contribution in [3.63, 3.8) is 0 Å². The second-order valence-corrected chi connectivity index (χ2v) is 2.80. The van der Waals surface area contributed by atoms with Crippen LogP contribution < -0.4 is 0 Å². The SMILES string of the molecule is C=C=NC.COP(C)OC. The van der Waals surface area contributed by atoms with Crippen molar-refractivity contribution < 1.29 is 9.05 Å². The summed E-state index contributed by atoms with van der Waals surface area (Å²) in [4.78, 5) is 3.38. The molecule has 0 aromatic carbocycles. The smallest absolute Gasteiger partial charge is 0.166 e. The van der Waals surface area contributed by atoms with E-state index in [1.165, 1.54) is 0 Å². The van der Waals surface area contributed by atoms with Crippen molar-refractivity contribution in [3.8, 4) is 0 Å². The van der Waals surface area contributed by atoms with Gasteiger partial charge in [-0.1, -0.05) is 0 Å². The molecule has 0 N–H and O–H groups in total. The molecule has 60 valence electrons. The number of hydrogen-bond donors (Lipinski definition) is 0. The van der Waals surface area contributed by atoms with Crippen molar-refractivity contribution in [2.24, 2.45) is 4.99 Å². The minimum absolute atomic E-state index is 0.576. The van der Waals surface area contributed by atoms with Crippen molar-refractivity contribution in [2.45, 2.75) is 0 Å². The van der Waals surface area contributed by atoms with Crippen molar-refractivity contribution in [1.82, 2.24) is 0 Å². The molecule has 0 aliphatic carbocycles. The van der Waals surface area contributed by atoms with Gasteiger partial charge in [-0.25, -0.2) is 4.99 Å². The molecule has 0 amide bonds. The van der Waals surface area contributed by atoms with Gasteiger partial charge >= 0.3 is 0 Å². The van der Waals surface area contributed by atoms with E-state index in [1.807, 2.05) is 6.66 Å². The van der Waals surface area contributed by atoms with Gasteiger partial charge in [0.25, 0.3) is 0 Å². The van der Waals surface area contributed by atoms with Gasteiger partial charge in [-0.15, -0.1) is 0 Å². The molecule has 0 fully saturated rings. The summed E-state index contributed by atoms with van der Waals surface area (Å²) in [6.45, 7) is 5.09. The maximum Gasteiger partial charge on any atom is 0.166 e. The molecule has 10 heavy (non-hydrogen) atoms. The molecular formula is C6H14NO2P. The maximum atomic E-state index is 4.74. The number of hydrogen-bond acceptors (Lipinski definition) is 3. The third-order valence-corrected chi connectivity index (χ3v) is 1.70. The minimum Gasteiger partial charge on any atom is -0.338 e. The van der Waals surface area contributed by atoms with Crippen LogP contribution in [0.2, 0.25) is 0 Å². The van der Waals surface area contributed by atoms with Crippen LogP contribution >= 0.6 is 8.38 Å². The lowest BCUT2D eigenvalue weighted by atomic mass is 11.1. The Morgan fingerprint density at radius 1 is 1.40 bits per heavy atom. The lowest BCUT2D eigenvalue weighted by Gasteiger charge is -2.01. The topological polar surface area (TPSA) is 30.8 Å². The van der Waals surface area contributed by atoms with Gasteiger partial charge < -0.3 is 9.05 Å². The fraction of sp³-hybridized carbons (Fsp3) is 0.667. The molecule has 0 saturated carbocycles. The van der Waals surface area contributed by atoms with Gasteiger partial charge in [-0.2, -0.15) is 0 Å². The van der Waals surface area contributed by atoms with E-state index in [0.717, 1.165) is 0 Å². The molecule has 0 saturated heterocycles. The van der Waals surface area contributed by atoms with Gasteiger partial charge in [0.2, 0.25) is 0 Å². The zero-order valence-corrected chi connectivity index (χ0v) is 7.81. The van der Waals surface area contributed by atoms with Gasteiger partial charge in [-0.05, 0) is 12.4 Å². The molecule has 0 bridgehead atoms. The molecule has 0 atom stereocenters. The second kappa shape index (κ2) is 11.6. The van der Waals surface area contributed by atoms with Gasteiger partial charge in [-0.3, -0.25) is 0 Å². The summed E-state index contributed by atoms with van der Waals surface area (Å²) in [5.41, 5.74) is 0. The molecule has 4 heteroatoms. The summed E-state index contributed by atoms with van der Waals surface area (Å²) in [7, 11) is 4.32. The fourth-order valence-electron chi connectivity index (χ4n) is 0.0745. The first-order chi connectivity index (χ1) is 4.72. The lowest BCUT2D eigenvalue weighted by molar-refractivity contribution is 0.346. The molecule has 0 unspecified atom stereocenters. The summed E-state index contributed by atoms with van der Waals surface area (Å²) >= 11 is 0. The van der Waals surface area contributed by atoms with Gasteiger partial charge in [0.15, 0.2) is 8.38 Å². The molecule has 0 aliphatic heterocycles. The summed E-state index contributed by atoms with van der Waals surface area (Å²) < 4.78 is 9.48. The van der Waals surface area contributed by atoms with Gasteiger partial charge in [0, 0.05) is 27.9 Å². The molecule has 0 rings (SSSR count). The van der Waals surface area contributed by atoms with Crippen molar-refractivity contribution >= 4 is 14.2 Å². The molecule has 0 heterocycles. The Bertz CT molecular complexity index is 97.9. The summed E-state index contributed by atoms with van der Waals surface area (Å²) in [5.74, 6) is 2.31. The number of aliphatic imine (C=N–C) groups is 1. The van der Waals surface area contributed by atoms with E-state index in [2.05, 4.69) is 17.4 Å². The lowest BCUT2D eigenvalue weighted by Crippen LogP contribution is -1.74. The summed E-state index contributed by atoms with van der Waals surface area (Å²) in [6, 6.07) is 0. The van der Waals surface area contributed by atoms with Crippen molar-refractivity contribution in [1.29, 1.82) is 0 Å². The number of rotatable bonds is 2. The Hall–Kier alpha value is -0.200. The maximum absolute atomic E-state index is 4.74. The molecule has 0 aromatic rings. The first-order valence-electron chi connectivity index (χ1n) is 2.65. The van der Waals surface area contributed by atoms with E-state index in [4.69, 9.17) is 9.05 Å². The molecule has 0 aliphatic rings. The highest BCUT2D eigenvalue weighted by molar-refractivity contribution is 7.46. The van der Waals surface area contributed by atoms with E-state index in [-0.39, 0.29) is 0 Å². The van der Waals surface area contributed by atoms with E-state index in [1.54, 1.807) is 21.3 Å². The third kappa shape index (κ3) is 15.7. The van der Waals surface area contributed by atoms with E-state index in [0.29, 0.717) is 0 Å². The first-order valence-corrected chi connectivity index (χ1v) is 4.28. The van der Waals surface area contributed by atoms with Crippen LogP contribution in [0, 0.1) is 0 Å². The van der Waals surface area contributed by atoms with Gasteiger partial charge in [0.1, 0.15) is 0 Å². The predicted molar refractivity (Wildman–Crippen MR) is 45.8 cm³/mol. The average molecular weight is 163 g/mol. The Morgan fingerprint density at radius 3 is 1.70 bits per heavy atom. The first kappa shape index (κ1) is 12.5. The summed E-state index contributed by atoms with van der Waals surface area (Å²) in [5, 5.41) is 0. The van der Waals surface area contributed by atoms with Crippen LogP contribution in [0.25, 0.3) is 0 Å². The molecule has 0 spiro atoms. The number of nitrogens with zero attached hydrogens (tertiary/aromatic N) is 1. The summed E-state index contributed by atoms with van der Waals surface area (Å²) in [6.07, 6.45) is 0. The largest absolute Gasteiger partial charge is 0.338 e. The standard InChI is InChI=1S/C3H5N.C3H9O2P/c1-3-4-2;1-4-6(3)5-2/h1H2,2H3;1-3H3. The van der Waals surface area contributed by atoms with Crippen LogP contribution in [-0.4, -0.2) is 33.8 Å². The average Bonchev–Trinajstić information content (AvgIpc) is 2.03. The van der Waals surface area contributed by atoms with E-state index >= 15 is 0 Å². The third-order valence-electron chi connectivity index (χ3n) is 0.672. The molecule has 3 nitrogen and oxygen atoms in total. The zero-order chi connectivity index (χ0) is 8.41. The fourth-order valence-corrected chi connectivity index (χ4v) is 0.224. The van der Waals surface area contributed by atoms with E-state index < -0.39 is 8.38 Å². The second-order valence-electron chi connectivity index (χ2n) is 1.19. The highest BCUT2D eigenvalue weighted by atomic mass is 31.2. The van der Waals surface area contributed by atoms with Crippen LogP contribution in [0.15, 0.2) is 11.6 Å². The Balaban J connectivity index is 0. The quantitative estimate of drug-likeness (QED) is 0.458. The molecule has 0 aromatic heterocycles. The van der Waals surface area contributed by atoms with Crippen molar-refractivity contribution in [3.05, 3.63) is 6.58 Å². The van der Waals surface area contributed by atoms with Crippen LogP contribution in [0.3, 0.4) is 0 Å². The zero-order valence-electron chi connectivity index (χ0n) is 6.92. The van der Waals surface area contributed by atoms with Crippen LogP contribution in [0.5, 0.6) is 0 Å². The normalized spacial score (nSPS) is 7.70. The highest BCUT2D eigenvalue weighted by Crippen LogP contribution is 2.29. The van der Waals surface area contributed by atoms with Crippen LogP contribution in [0.1, 0.15) is 0 Å². The Kier molecular flexibility index (Phi) is 14.4. The van der Waals surface area contributed by atoms with E-state index in [9.17, 15) is 0 Å². The molecular weight excluding hydrogens is 149 g/mol. The van der Waals surface area contributed by atoms with Gasteiger partial charge in [0.05, 0.1) is 0 Å². The molecule has 0 radical (unpaired) electrons. The van der Waals surface area contributed by atoms with Crippen molar-refractivity contribution in [2.75, 3.05) is 27.9 Å². The Morgan fingerprint density at radius 2 is 1.70 bits per heavy atom. The minimum atomic E-state index is -0.576. The van der Waals surface area contributed by atoms with Crippen LogP contribution in [0.4, 0.5) is 0 Å². The highest BCUT2D eigenvalue weighted by Gasteiger charge is 1.89. The Labute approximate surface area is 63.7 Å². The van der Waals surface area contributed by atoms with Crippen LogP contribution in [-0.2, 0) is 9.05 Å².